The normalized spacial score (nSPS) is 38.7. The first-order chi connectivity index (χ1) is 10.0. The van der Waals surface area contributed by atoms with E-state index in [2.05, 4.69) is 32.0 Å². The second-order valence-corrected chi connectivity index (χ2v) is 8.57. The highest BCUT2D eigenvalue weighted by Gasteiger charge is 2.51. The third-order valence-corrected chi connectivity index (χ3v) is 6.78. The van der Waals surface area contributed by atoms with Gasteiger partial charge in [-0.15, -0.1) is 0 Å². The van der Waals surface area contributed by atoms with Crippen LogP contribution in [0.15, 0.2) is 18.2 Å². The van der Waals surface area contributed by atoms with Crippen LogP contribution in [0.25, 0.3) is 0 Å². The van der Waals surface area contributed by atoms with Gasteiger partial charge in [-0.1, -0.05) is 18.2 Å². The molecule has 4 bridgehead atoms. The zero-order valence-corrected chi connectivity index (χ0v) is 13.6. The topological polar surface area (TPSA) is 26.0 Å². The Morgan fingerprint density at radius 1 is 1.00 bits per heavy atom. The Labute approximate surface area is 129 Å². The summed E-state index contributed by atoms with van der Waals surface area (Å²) in [6.45, 7) is 4.39. The van der Waals surface area contributed by atoms with Crippen LogP contribution in [0, 0.1) is 37.0 Å². The van der Waals surface area contributed by atoms with E-state index in [9.17, 15) is 0 Å². The van der Waals surface area contributed by atoms with E-state index in [1.165, 1.54) is 61.6 Å². The van der Waals surface area contributed by atoms with Gasteiger partial charge in [-0.25, -0.2) is 0 Å². The number of benzene rings is 1. The molecule has 1 aromatic rings. The van der Waals surface area contributed by atoms with Crippen LogP contribution in [-0.4, -0.2) is 0 Å². The van der Waals surface area contributed by atoms with Crippen molar-refractivity contribution < 1.29 is 0 Å². The standard InChI is InChI=1S/C20H29N/c1-13-3-4-18(5-14(13)2)19(21)12-20-9-15-6-16(10-20)8-17(7-15)11-20/h3-5,15-17,19H,6-12,21H2,1-2H3. The Hall–Kier alpha value is -0.820. The Morgan fingerprint density at radius 2 is 1.57 bits per heavy atom. The molecule has 1 atom stereocenters. The first kappa shape index (κ1) is 13.8. The van der Waals surface area contributed by atoms with Crippen molar-refractivity contribution in [3.63, 3.8) is 0 Å². The summed E-state index contributed by atoms with van der Waals surface area (Å²) in [5.74, 6) is 3.09. The molecule has 4 aliphatic carbocycles. The van der Waals surface area contributed by atoms with Crippen molar-refractivity contribution in [1.29, 1.82) is 0 Å². The van der Waals surface area contributed by atoms with Gasteiger partial charge in [0.25, 0.3) is 0 Å². The zero-order valence-electron chi connectivity index (χ0n) is 13.6. The Balaban J connectivity index is 1.53. The maximum Gasteiger partial charge on any atom is 0.0300 e. The van der Waals surface area contributed by atoms with Crippen molar-refractivity contribution in [2.24, 2.45) is 28.9 Å². The van der Waals surface area contributed by atoms with E-state index in [0.29, 0.717) is 5.41 Å². The largest absolute Gasteiger partial charge is 0.324 e. The molecular formula is C20H29N. The predicted molar refractivity (Wildman–Crippen MR) is 88.1 cm³/mol. The smallest absolute Gasteiger partial charge is 0.0300 e. The van der Waals surface area contributed by atoms with Crippen LogP contribution in [0.1, 0.15) is 67.7 Å². The van der Waals surface area contributed by atoms with Gasteiger partial charge in [-0.2, -0.15) is 0 Å². The second kappa shape index (κ2) is 4.84. The quantitative estimate of drug-likeness (QED) is 0.838. The van der Waals surface area contributed by atoms with E-state index in [1.807, 2.05) is 0 Å². The maximum atomic E-state index is 6.64. The van der Waals surface area contributed by atoms with Crippen LogP contribution in [0.3, 0.4) is 0 Å². The molecular weight excluding hydrogens is 254 g/mol. The van der Waals surface area contributed by atoms with Crippen molar-refractivity contribution in [3.05, 3.63) is 34.9 Å². The Kier molecular flexibility index (Phi) is 3.19. The van der Waals surface area contributed by atoms with Crippen molar-refractivity contribution in [2.75, 3.05) is 0 Å². The highest BCUT2D eigenvalue weighted by Crippen LogP contribution is 2.62. The first-order valence-corrected chi connectivity index (χ1v) is 8.86. The van der Waals surface area contributed by atoms with Gasteiger partial charge in [0.05, 0.1) is 0 Å². The van der Waals surface area contributed by atoms with Gasteiger partial charge >= 0.3 is 0 Å². The lowest BCUT2D eigenvalue weighted by atomic mass is 9.48. The minimum Gasteiger partial charge on any atom is -0.324 e. The minimum atomic E-state index is 0.237. The van der Waals surface area contributed by atoms with Gasteiger partial charge in [0.2, 0.25) is 0 Å². The van der Waals surface area contributed by atoms with Crippen LogP contribution >= 0.6 is 0 Å². The maximum absolute atomic E-state index is 6.64. The molecule has 1 aromatic carbocycles. The third kappa shape index (κ3) is 2.44. The van der Waals surface area contributed by atoms with Gasteiger partial charge in [0.15, 0.2) is 0 Å². The number of nitrogens with two attached hydrogens (primary N) is 1. The van der Waals surface area contributed by atoms with Crippen molar-refractivity contribution in [2.45, 2.75) is 64.8 Å². The molecule has 0 saturated heterocycles. The molecule has 0 amide bonds. The third-order valence-electron chi connectivity index (χ3n) is 6.78. The molecule has 1 nitrogen and oxygen atoms in total. The fourth-order valence-electron chi connectivity index (χ4n) is 6.12. The number of rotatable bonds is 3. The van der Waals surface area contributed by atoms with Gasteiger partial charge in [0, 0.05) is 6.04 Å². The minimum absolute atomic E-state index is 0.237. The number of hydrogen-bond acceptors (Lipinski definition) is 1. The summed E-state index contributed by atoms with van der Waals surface area (Å²) < 4.78 is 0. The molecule has 4 fully saturated rings. The van der Waals surface area contributed by atoms with Gasteiger partial charge in [0.1, 0.15) is 0 Å². The lowest BCUT2D eigenvalue weighted by Crippen LogP contribution is -2.47. The molecule has 2 N–H and O–H groups in total. The van der Waals surface area contributed by atoms with Gasteiger partial charge in [-0.3, -0.25) is 0 Å². The molecule has 0 heterocycles. The van der Waals surface area contributed by atoms with Crippen molar-refractivity contribution in [3.8, 4) is 0 Å². The van der Waals surface area contributed by atoms with E-state index in [0.717, 1.165) is 17.8 Å². The van der Waals surface area contributed by atoms with Crippen LogP contribution in [-0.2, 0) is 0 Å². The van der Waals surface area contributed by atoms with E-state index in [-0.39, 0.29) is 6.04 Å². The molecule has 0 aliphatic heterocycles. The highest BCUT2D eigenvalue weighted by atomic mass is 14.7. The van der Waals surface area contributed by atoms with Crippen LogP contribution in [0.2, 0.25) is 0 Å². The molecule has 0 radical (unpaired) electrons. The summed E-state index contributed by atoms with van der Waals surface area (Å²) in [5.41, 5.74) is 11.3. The predicted octanol–water partition coefficient (Wildman–Crippen LogP) is 4.91. The molecule has 5 rings (SSSR count). The lowest BCUT2D eigenvalue weighted by Gasteiger charge is -2.57. The van der Waals surface area contributed by atoms with E-state index < -0.39 is 0 Å². The second-order valence-electron chi connectivity index (χ2n) is 8.57. The average molecular weight is 283 g/mol. The average Bonchev–Trinajstić information content (AvgIpc) is 2.39. The molecule has 21 heavy (non-hydrogen) atoms. The van der Waals surface area contributed by atoms with E-state index in [4.69, 9.17) is 5.73 Å². The van der Waals surface area contributed by atoms with Gasteiger partial charge < -0.3 is 5.73 Å². The summed E-state index contributed by atoms with van der Waals surface area (Å²) in [7, 11) is 0. The zero-order chi connectivity index (χ0) is 14.6. The fourth-order valence-corrected chi connectivity index (χ4v) is 6.12. The first-order valence-electron chi connectivity index (χ1n) is 8.86. The molecule has 1 unspecified atom stereocenters. The van der Waals surface area contributed by atoms with Crippen LogP contribution in [0.4, 0.5) is 0 Å². The van der Waals surface area contributed by atoms with Crippen molar-refractivity contribution in [1.82, 2.24) is 0 Å². The van der Waals surface area contributed by atoms with Crippen LogP contribution < -0.4 is 5.73 Å². The summed E-state index contributed by atoms with van der Waals surface area (Å²) >= 11 is 0. The van der Waals surface area contributed by atoms with E-state index >= 15 is 0 Å². The Bertz CT molecular complexity index is 509. The number of aryl methyl sites for hydroxylation is 2. The molecule has 114 valence electrons. The summed E-state index contributed by atoms with van der Waals surface area (Å²) in [6.07, 6.45) is 10.2. The molecule has 4 saturated carbocycles. The summed E-state index contributed by atoms with van der Waals surface area (Å²) in [5, 5.41) is 0. The summed E-state index contributed by atoms with van der Waals surface area (Å²) in [6, 6.07) is 7.05. The Morgan fingerprint density at radius 3 is 2.10 bits per heavy atom. The molecule has 1 heteroatoms. The molecule has 0 aromatic heterocycles. The number of hydrogen-bond donors (Lipinski definition) is 1. The molecule has 0 spiro atoms. The lowest BCUT2D eigenvalue weighted by molar-refractivity contribution is -0.0605. The van der Waals surface area contributed by atoms with Crippen LogP contribution in [0.5, 0.6) is 0 Å². The van der Waals surface area contributed by atoms with Gasteiger partial charge in [-0.05, 0) is 98.7 Å². The summed E-state index contributed by atoms with van der Waals surface area (Å²) in [4.78, 5) is 0. The molecule has 4 aliphatic rings. The van der Waals surface area contributed by atoms with E-state index in [1.54, 1.807) is 0 Å². The fraction of sp³-hybridized carbons (Fsp3) is 0.700. The SMILES string of the molecule is Cc1ccc(C(N)CC23CC4CC(CC(C4)C2)C3)cc1C. The highest BCUT2D eigenvalue weighted by molar-refractivity contribution is 5.31. The monoisotopic (exact) mass is 283 g/mol. The van der Waals surface area contributed by atoms with Crippen molar-refractivity contribution >= 4 is 0 Å².